The van der Waals surface area contributed by atoms with Gasteiger partial charge in [-0.2, -0.15) is 4.98 Å². The van der Waals surface area contributed by atoms with E-state index < -0.39 is 5.91 Å². The van der Waals surface area contributed by atoms with Crippen molar-refractivity contribution in [1.82, 2.24) is 9.97 Å². The van der Waals surface area contributed by atoms with Crippen LogP contribution in [-0.2, 0) is 6.54 Å². The number of amides is 1. The quantitative estimate of drug-likeness (QED) is 0.585. The molecule has 4 N–H and O–H groups in total. The van der Waals surface area contributed by atoms with Crippen LogP contribution in [0.15, 0.2) is 48.7 Å². The maximum Gasteiger partial charge on any atom is 0.248 e. The Bertz CT molecular complexity index is 1030. The number of ether oxygens (including phenoxy) is 2. The number of nitrogens with one attached hydrogen (secondary N) is 2. The fourth-order valence-electron chi connectivity index (χ4n) is 2.67. The van der Waals surface area contributed by atoms with E-state index in [2.05, 4.69) is 20.6 Å². The summed E-state index contributed by atoms with van der Waals surface area (Å²) >= 11 is 6.28. The van der Waals surface area contributed by atoms with Crippen molar-refractivity contribution in [2.75, 3.05) is 17.4 Å². The van der Waals surface area contributed by atoms with E-state index in [9.17, 15) is 4.79 Å². The standard InChI is InChI=1S/C19H16ClN5O3/c20-13-5-6-14-17(28-10-27-14)16(13)24-15-7-8-22-19(25-15)23-9-11-1-3-12(4-2-11)18(21)26/h1-8H,9-10H2,(H2,21,26)(H2,22,23,24,25). The molecule has 2 heterocycles. The number of primary amides is 1. The molecule has 8 nitrogen and oxygen atoms in total. The van der Waals surface area contributed by atoms with E-state index in [-0.39, 0.29) is 6.79 Å². The highest BCUT2D eigenvalue weighted by atomic mass is 35.5. The summed E-state index contributed by atoms with van der Waals surface area (Å²) in [5, 5.41) is 6.78. The van der Waals surface area contributed by atoms with Gasteiger partial charge in [-0.1, -0.05) is 23.7 Å². The average Bonchev–Trinajstić information content (AvgIpc) is 3.18. The maximum absolute atomic E-state index is 11.1. The first-order chi connectivity index (χ1) is 13.6. The Morgan fingerprint density at radius 3 is 2.75 bits per heavy atom. The minimum Gasteiger partial charge on any atom is -0.454 e. The van der Waals surface area contributed by atoms with Gasteiger partial charge in [-0.15, -0.1) is 0 Å². The maximum atomic E-state index is 11.1. The van der Waals surface area contributed by atoms with E-state index in [4.69, 9.17) is 26.8 Å². The van der Waals surface area contributed by atoms with Crippen molar-refractivity contribution >= 4 is 35.0 Å². The summed E-state index contributed by atoms with van der Waals surface area (Å²) in [6.45, 7) is 0.635. The lowest BCUT2D eigenvalue weighted by Crippen LogP contribution is -2.11. The lowest BCUT2D eigenvalue weighted by atomic mass is 10.1. The van der Waals surface area contributed by atoms with Crippen LogP contribution in [0.1, 0.15) is 15.9 Å². The predicted octanol–water partition coefficient (Wildman–Crippen LogP) is 3.31. The van der Waals surface area contributed by atoms with E-state index in [1.807, 2.05) is 12.1 Å². The van der Waals surface area contributed by atoms with Gasteiger partial charge in [0.15, 0.2) is 11.5 Å². The first-order valence-corrected chi connectivity index (χ1v) is 8.79. The van der Waals surface area contributed by atoms with Gasteiger partial charge in [0.25, 0.3) is 0 Å². The molecule has 1 amide bonds. The fraction of sp³-hybridized carbons (Fsp3) is 0.105. The lowest BCUT2D eigenvalue weighted by molar-refractivity contribution is 0.100. The lowest BCUT2D eigenvalue weighted by Gasteiger charge is -2.11. The topological polar surface area (TPSA) is 111 Å². The smallest absolute Gasteiger partial charge is 0.248 e. The van der Waals surface area contributed by atoms with Gasteiger partial charge in [-0.25, -0.2) is 4.98 Å². The number of hydrogen-bond donors (Lipinski definition) is 3. The molecule has 0 spiro atoms. The van der Waals surface area contributed by atoms with Gasteiger partial charge in [0, 0.05) is 18.3 Å². The number of carbonyl (C=O) groups is 1. The minimum atomic E-state index is -0.456. The Morgan fingerprint density at radius 1 is 1.14 bits per heavy atom. The molecule has 0 saturated carbocycles. The number of benzene rings is 2. The SMILES string of the molecule is NC(=O)c1ccc(CNc2nccc(Nc3c(Cl)ccc4c3OCO4)n2)cc1. The Morgan fingerprint density at radius 2 is 1.96 bits per heavy atom. The summed E-state index contributed by atoms with van der Waals surface area (Å²) in [4.78, 5) is 19.8. The van der Waals surface area contributed by atoms with Crippen molar-refractivity contribution in [3.05, 3.63) is 64.8 Å². The van der Waals surface area contributed by atoms with Crippen LogP contribution >= 0.6 is 11.6 Å². The van der Waals surface area contributed by atoms with Gasteiger partial charge >= 0.3 is 0 Å². The summed E-state index contributed by atoms with van der Waals surface area (Å²) in [5.74, 6) is 1.70. The highest BCUT2D eigenvalue weighted by Crippen LogP contribution is 2.44. The number of aromatic nitrogens is 2. The summed E-state index contributed by atoms with van der Waals surface area (Å²) in [5.41, 5.74) is 7.25. The third-order valence-electron chi connectivity index (χ3n) is 4.09. The molecule has 0 atom stereocenters. The van der Waals surface area contributed by atoms with Crippen molar-refractivity contribution in [3.8, 4) is 11.5 Å². The van der Waals surface area contributed by atoms with Crippen LogP contribution < -0.4 is 25.8 Å². The van der Waals surface area contributed by atoms with Crippen molar-refractivity contribution < 1.29 is 14.3 Å². The zero-order valence-corrected chi connectivity index (χ0v) is 15.4. The molecule has 1 aliphatic rings. The Hall–Kier alpha value is -3.52. The van der Waals surface area contributed by atoms with E-state index in [0.717, 1.165) is 5.56 Å². The van der Waals surface area contributed by atoms with Crippen LogP contribution in [0.4, 0.5) is 17.5 Å². The molecular formula is C19H16ClN5O3. The summed E-state index contributed by atoms with van der Waals surface area (Å²) in [6.07, 6.45) is 1.63. The van der Waals surface area contributed by atoms with Crippen LogP contribution in [0, 0.1) is 0 Å². The van der Waals surface area contributed by atoms with E-state index >= 15 is 0 Å². The highest BCUT2D eigenvalue weighted by Gasteiger charge is 2.20. The minimum absolute atomic E-state index is 0.148. The van der Waals surface area contributed by atoms with E-state index in [1.165, 1.54) is 0 Å². The van der Waals surface area contributed by atoms with Crippen LogP contribution in [0.25, 0.3) is 0 Å². The number of fused-ring (bicyclic) bond motifs is 1. The molecular weight excluding hydrogens is 382 g/mol. The molecule has 142 valence electrons. The number of hydrogen-bond acceptors (Lipinski definition) is 7. The second kappa shape index (κ2) is 7.61. The van der Waals surface area contributed by atoms with Gasteiger partial charge in [0.2, 0.25) is 18.6 Å². The second-order valence-corrected chi connectivity index (χ2v) is 6.37. The molecule has 0 fully saturated rings. The Kier molecular flexibility index (Phi) is 4.86. The molecule has 9 heteroatoms. The number of nitrogens with zero attached hydrogens (tertiary/aromatic N) is 2. The molecule has 28 heavy (non-hydrogen) atoms. The number of rotatable bonds is 6. The normalized spacial score (nSPS) is 11.9. The molecule has 0 aliphatic carbocycles. The summed E-state index contributed by atoms with van der Waals surface area (Å²) in [7, 11) is 0. The molecule has 4 rings (SSSR count). The molecule has 1 aromatic heterocycles. The Labute approximate surface area is 165 Å². The zero-order chi connectivity index (χ0) is 19.5. The van der Waals surface area contributed by atoms with Crippen LogP contribution in [-0.4, -0.2) is 22.7 Å². The van der Waals surface area contributed by atoms with Crippen molar-refractivity contribution in [2.45, 2.75) is 6.54 Å². The first-order valence-electron chi connectivity index (χ1n) is 8.41. The van der Waals surface area contributed by atoms with Crippen LogP contribution in [0.3, 0.4) is 0 Å². The van der Waals surface area contributed by atoms with Crippen molar-refractivity contribution in [2.24, 2.45) is 5.73 Å². The Balaban J connectivity index is 1.47. The van der Waals surface area contributed by atoms with Gasteiger partial charge in [-0.05, 0) is 35.9 Å². The van der Waals surface area contributed by atoms with Gasteiger partial charge in [-0.3, -0.25) is 4.79 Å². The van der Waals surface area contributed by atoms with Crippen LogP contribution in [0.5, 0.6) is 11.5 Å². The molecule has 0 unspecified atom stereocenters. The number of nitrogens with two attached hydrogens (primary N) is 1. The molecule has 3 aromatic rings. The van der Waals surface area contributed by atoms with Gasteiger partial charge in [0.05, 0.1) is 5.02 Å². The van der Waals surface area contributed by atoms with Crippen LogP contribution in [0.2, 0.25) is 5.02 Å². The molecule has 0 bridgehead atoms. The largest absolute Gasteiger partial charge is 0.454 e. The number of carbonyl (C=O) groups excluding carboxylic acids is 1. The molecule has 0 saturated heterocycles. The van der Waals surface area contributed by atoms with E-state index in [1.54, 1.807) is 36.5 Å². The molecule has 2 aromatic carbocycles. The van der Waals surface area contributed by atoms with Crippen molar-refractivity contribution in [3.63, 3.8) is 0 Å². The third kappa shape index (κ3) is 3.77. The monoisotopic (exact) mass is 397 g/mol. The second-order valence-electron chi connectivity index (χ2n) is 5.96. The summed E-state index contributed by atoms with van der Waals surface area (Å²) in [6, 6.07) is 12.2. The predicted molar refractivity (Wildman–Crippen MR) is 105 cm³/mol. The zero-order valence-electron chi connectivity index (χ0n) is 14.6. The van der Waals surface area contributed by atoms with E-state index in [0.29, 0.717) is 46.1 Å². The molecule has 1 aliphatic heterocycles. The van der Waals surface area contributed by atoms with Crippen molar-refractivity contribution in [1.29, 1.82) is 0 Å². The fourth-order valence-corrected chi connectivity index (χ4v) is 2.87. The van der Waals surface area contributed by atoms with Gasteiger partial charge < -0.3 is 25.8 Å². The number of anilines is 3. The molecule has 0 radical (unpaired) electrons. The average molecular weight is 398 g/mol. The highest BCUT2D eigenvalue weighted by molar-refractivity contribution is 6.33. The third-order valence-corrected chi connectivity index (χ3v) is 4.40. The summed E-state index contributed by atoms with van der Waals surface area (Å²) < 4.78 is 10.9. The van der Waals surface area contributed by atoms with Gasteiger partial charge in [0.1, 0.15) is 11.5 Å². The number of halogens is 1. The first kappa shape index (κ1) is 17.9.